The summed E-state index contributed by atoms with van der Waals surface area (Å²) in [4.78, 5) is 15.3. The van der Waals surface area contributed by atoms with Crippen LogP contribution in [0.15, 0.2) is 6.07 Å². The quantitative estimate of drug-likeness (QED) is 0.831. The van der Waals surface area contributed by atoms with Crippen LogP contribution in [0.2, 0.25) is 0 Å². The predicted octanol–water partition coefficient (Wildman–Crippen LogP) is 2.90. The lowest BCUT2D eigenvalue weighted by molar-refractivity contribution is 0.0575. The lowest BCUT2D eigenvalue weighted by Gasteiger charge is -2.44. The monoisotopic (exact) mass is 384 g/mol. The second-order valence-electron chi connectivity index (χ2n) is 8.24. The third-order valence-electron chi connectivity index (χ3n) is 6.51. The van der Waals surface area contributed by atoms with Crippen molar-refractivity contribution in [1.29, 1.82) is 0 Å². The number of aromatic amines is 1. The molecule has 2 saturated heterocycles. The van der Waals surface area contributed by atoms with E-state index in [1.54, 1.807) is 0 Å². The van der Waals surface area contributed by atoms with Gasteiger partial charge in [0.15, 0.2) is 0 Å². The third kappa shape index (κ3) is 3.60. The van der Waals surface area contributed by atoms with Gasteiger partial charge in [0.25, 0.3) is 5.91 Å². The van der Waals surface area contributed by atoms with Gasteiger partial charge in [-0.3, -0.25) is 14.6 Å². The van der Waals surface area contributed by atoms with Crippen LogP contribution in [-0.2, 0) is 6.54 Å². The number of nitrogens with zero attached hydrogens (tertiary/aromatic N) is 4. The van der Waals surface area contributed by atoms with Crippen LogP contribution in [-0.4, -0.2) is 56.5 Å². The summed E-state index contributed by atoms with van der Waals surface area (Å²) < 4.78 is 1.97. The Morgan fingerprint density at radius 1 is 1.25 bits per heavy atom. The van der Waals surface area contributed by atoms with Crippen molar-refractivity contribution < 1.29 is 4.79 Å². The first-order valence-electron chi connectivity index (χ1n) is 10.7. The number of H-pyrrole nitrogens is 1. The molecule has 2 aromatic rings. The van der Waals surface area contributed by atoms with Gasteiger partial charge in [-0.2, -0.15) is 10.2 Å². The van der Waals surface area contributed by atoms with Crippen LogP contribution < -0.4 is 5.32 Å². The minimum absolute atomic E-state index is 0.0649. The number of piperidine rings is 2. The summed E-state index contributed by atoms with van der Waals surface area (Å²) in [6.07, 6.45) is 6.36. The number of fused-ring (bicyclic) bond motifs is 1. The molecule has 2 N–H and O–H groups in total. The Morgan fingerprint density at radius 2 is 2.07 bits per heavy atom. The molecule has 152 valence electrons. The smallest absolute Gasteiger partial charge is 0.269 e. The van der Waals surface area contributed by atoms with Gasteiger partial charge < -0.3 is 10.2 Å². The van der Waals surface area contributed by atoms with Gasteiger partial charge in [0.1, 0.15) is 5.69 Å². The molecule has 0 aromatic carbocycles. The Bertz CT molecular complexity index is 836. The molecule has 1 amide bonds. The molecule has 0 bridgehead atoms. The highest BCUT2D eigenvalue weighted by Crippen LogP contribution is 2.30. The van der Waals surface area contributed by atoms with E-state index in [2.05, 4.69) is 32.4 Å². The lowest BCUT2D eigenvalue weighted by Crippen LogP contribution is -2.51. The molecular weight excluding hydrogens is 352 g/mol. The maximum atomic E-state index is 12.7. The molecule has 2 aliphatic rings. The molecule has 4 heterocycles. The molecule has 7 heteroatoms. The van der Waals surface area contributed by atoms with Gasteiger partial charge in [-0.1, -0.05) is 6.42 Å². The zero-order chi connectivity index (χ0) is 19.7. The van der Waals surface area contributed by atoms with E-state index in [1.807, 2.05) is 24.6 Å². The molecule has 2 aromatic heterocycles. The zero-order valence-electron chi connectivity index (χ0n) is 17.3. The molecule has 0 radical (unpaired) electrons. The van der Waals surface area contributed by atoms with Crippen LogP contribution in [0, 0.1) is 19.8 Å². The van der Waals surface area contributed by atoms with E-state index in [4.69, 9.17) is 0 Å². The van der Waals surface area contributed by atoms with Crippen molar-refractivity contribution in [2.24, 2.45) is 5.92 Å². The maximum Gasteiger partial charge on any atom is 0.269 e. The van der Waals surface area contributed by atoms with Gasteiger partial charge in [0.05, 0.1) is 11.4 Å². The number of aryl methyl sites for hydroxylation is 2. The summed E-state index contributed by atoms with van der Waals surface area (Å²) >= 11 is 0. The SMILES string of the molecule is CCn1nc(C)c(-c2cc(C(=O)NC[C@@H]3CCCN4CCCC[C@H]34)[nH]n2)c1C. The van der Waals surface area contributed by atoms with Crippen molar-refractivity contribution in [3.05, 3.63) is 23.1 Å². The van der Waals surface area contributed by atoms with Crippen LogP contribution in [0.4, 0.5) is 0 Å². The summed E-state index contributed by atoms with van der Waals surface area (Å²) in [5.41, 5.74) is 4.35. The van der Waals surface area contributed by atoms with Crippen LogP contribution >= 0.6 is 0 Å². The van der Waals surface area contributed by atoms with Gasteiger partial charge in [-0.15, -0.1) is 0 Å². The van der Waals surface area contributed by atoms with E-state index >= 15 is 0 Å². The molecule has 2 atom stereocenters. The average molecular weight is 385 g/mol. The molecule has 0 aliphatic carbocycles. The first-order chi connectivity index (χ1) is 13.6. The first kappa shape index (κ1) is 19.2. The number of amides is 1. The summed E-state index contributed by atoms with van der Waals surface area (Å²) in [7, 11) is 0. The van der Waals surface area contributed by atoms with Crippen LogP contribution in [0.5, 0.6) is 0 Å². The fraction of sp³-hybridized carbons (Fsp3) is 0.667. The fourth-order valence-electron chi connectivity index (χ4n) is 5.08. The number of nitrogens with one attached hydrogen (secondary N) is 2. The Morgan fingerprint density at radius 3 is 2.86 bits per heavy atom. The summed E-state index contributed by atoms with van der Waals surface area (Å²) in [6.45, 7) is 10.1. The largest absolute Gasteiger partial charge is 0.350 e. The fourth-order valence-corrected chi connectivity index (χ4v) is 5.08. The highest BCUT2D eigenvalue weighted by Gasteiger charge is 2.33. The molecular formula is C21H32N6O. The topological polar surface area (TPSA) is 78.8 Å². The zero-order valence-corrected chi connectivity index (χ0v) is 17.3. The minimum Gasteiger partial charge on any atom is -0.350 e. The van der Waals surface area contributed by atoms with Crippen molar-refractivity contribution in [2.75, 3.05) is 19.6 Å². The molecule has 2 aliphatic heterocycles. The first-order valence-corrected chi connectivity index (χ1v) is 10.7. The van der Waals surface area contributed by atoms with Gasteiger partial charge in [0, 0.05) is 30.4 Å². The molecule has 2 fully saturated rings. The number of carbonyl (C=O) groups excluding carboxylic acids is 1. The molecule has 28 heavy (non-hydrogen) atoms. The average Bonchev–Trinajstić information content (AvgIpc) is 3.30. The van der Waals surface area contributed by atoms with E-state index in [0.29, 0.717) is 17.7 Å². The standard InChI is InChI=1S/C21H32N6O/c1-4-27-15(3)20(14(2)25-27)17-12-18(24-23-17)21(28)22-13-16-8-7-11-26-10-6-5-9-19(16)26/h12,16,19H,4-11,13H2,1-3H3,(H,22,28)(H,23,24)/t16-,19+/m0/s1. The van der Waals surface area contributed by atoms with E-state index in [-0.39, 0.29) is 5.91 Å². The molecule has 0 unspecified atom stereocenters. The second kappa shape index (κ2) is 8.07. The van der Waals surface area contributed by atoms with Crippen molar-refractivity contribution in [3.63, 3.8) is 0 Å². The van der Waals surface area contributed by atoms with Crippen LogP contribution in [0.3, 0.4) is 0 Å². The lowest BCUT2D eigenvalue weighted by atomic mass is 9.83. The molecule has 0 saturated carbocycles. The highest BCUT2D eigenvalue weighted by atomic mass is 16.1. The van der Waals surface area contributed by atoms with Crippen LogP contribution in [0.25, 0.3) is 11.3 Å². The molecule has 7 nitrogen and oxygen atoms in total. The minimum atomic E-state index is -0.0649. The van der Waals surface area contributed by atoms with Gasteiger partial charge in [0.2, 0.25) is 0 Å². The van der Waals surface area contributed by atoms with Gasteiger partial charge in [-0.25, -0.2) is 0 Å². The van der Waals surface area contributed by atoms with Gasteiger partial charge >= 0.3 is 0 Å². The predicted molar refractivity (Wildman–Crippen MR) is 109 cm³/mol. The Balaban J connectivity index is 1.42. The summed E-state index contributed by atoms with van der Waals surface area (Å²) in [6, 6.07) is 2.49. The molecule has 0 spiro atoms. The van der Waals surface area contributed by atoms with Crippen molar-refractivity contribution >= 4 is 5.91 Å². The number of hydrogen-bond acceptors (Lipinski definition) is 4. The van der Waals surface area contributed by atoms with E-state index < -0.39 is 0 Å². The Hall–Kier alpha value is -2.15. The molecule has 4 rings (SSSR count). The van der Waals surface area contributed by atoms with Crippen molar-refractivity contribution in [2.45, 2.75) is 65.5 Å². The second-order valence-corrected chi connectivity index (χ2v) is 8.24. The van der Waals surface area contributed by atoms with Crippen molar-refractivity contribution in [3.8, 4) is 11.3 Å². The number of hydrogen-bond donors (Lipinski definition) is 2. The normalized spacial score (nSPS) is 22.8. The van der Waals surface area contributed by atoms with E-state index in [9.17, 15) is 4.79 Å². The number of rotatable bonds is 5. The van der Waals surface area contributed by atoms with Gasteiger partial charge in [-0.05, 0) is 71.5 Å². The number of carbonyl (C=O) groups is 1. The summed E-state index contributed by atoms with van der Waals surface area (Å²) in [5.74, 6) is 0.498. The Labute approximate surface area is 166 Å². The van der Waals surface area contributed by atoms with E-state index in [0.717, 1.165) is 35.7 Å². The Kier molecular flexibility index (Phi) is 5.53. The number of aromatic nitrogens is 4. The third-order valence-corrected chi connectivity index (χ3v) is 6.51. The van der Waals surface area contributed by atoms with Crippen LogP contribution in [0.1, 0.15) is 60.9 Å². The van der Waals surface area contributed by atoms with E-state index in [1.165, 1.54) is 45.2 Å². The van der Waals surface area contributed by atoms with Crippen molar-refractivity contribution in [1.82, 2.24) is 30.2 Å². The maximum absolute atomic E-state index is 12.7. The highest BCUT2D eigenvalue weighted by molar-refractivity contribution is 5.93. The summed E-state index contributed by atoms with van der Waals surface area (Å²) in [5, 5.41) is 15.0.